The maximum absolute atomic E-state index is 2.58. The van der Waals surface area contributed by atoms with Crippen molar-refractivity contribution in [3.63, 3.8) is 0 Å². The van der Waals surface area contributed by atoms with Crippen LogP contribution in [0.2, 0.25) is 0 Å². The van der Waals surface area contributed by atoms with Crippen molar-refractivity contribution >= 4 is 18.5 Å². The molecule has 0 aromatic heterocycles. The maximum atomic E-state index is 2.58. The molecule has 2 aromatic carbocycles. The quantitative estimate of drug-likeness (QED) is 0.181. The maximum Gasteiger partial charge on any atom is -0.0160 e. The fraction of sp³-hybridized carbons (Fsp3) is 0.625. The Morgan fingerprint density at radius 2 is 1.12 bits per heavy atom. The van der Waals surface area contributed by atoms with Crippen LogP contribution in [-0.2, 0) is 19.3 Å². The summed E-state index contributed by atoms with van der Waals surface area (Å²) < 4.78 is 0. The smallest absolute Gasteiger partial charge is 0.0160 e. The van der Waals surface area contributed by atoms with Gasteiger partial charge in [-0.25, -0.2) is 0 Å². The van der Waals surface area contributed by atoms with Gasteiger partial charge in [0, 0.05) is 0 Å². The van der Waals surface area contributed by atoms with Crippen LogP contribution in [-0.4, -0.2) is 6.16 Å². The van der Waals surface area contributed by atoms with Crippen LogP contribution < -0.4 is 10.6 Å². The van der Waals surface area contributed by atoms with Gasteiger partial charge in [0.25, 0.3) is 0 Å². The Morgan fingerprint density at radius 3 is 1.76 bits per heavy atom. The summed E-state index contributed by atoms with van der Waals surface area (Å²) in [5, 5.41) is 3.36. The Labute approximate surface area is 207 Å². The van der Waals surface area contributed by atoms with Gasteiger partial charge >= 0.3 is 0 Å². The summed E-state index contributed by atoms with van der Waals surface area (Å²) >= 11 is 0. The molecule has 0 spiro atoms. The SMILES string of the molecule is CCCCCP(c1ccc(C)c(C)c1C)c1ccc(CCCC)c(CCCC)c1CCCC. The third-order valence-corrected chi connectivity index (χ3v) is 10.3. The van der Waals surface area contributed by atoms with Gasteiger partial charge in [0.1, 0.15) is 0 Å². The zero-order valence-electron chi connectivity index (χ0n) is 22.9. The van der Waals surface area contributed by atoms with Gasteiger partial charge in [-0.1, -0.05) is 84.1 Å². The molecule has 0 saturated heterocycles. The molecule has 0 radical (unpaired) electrons. The lowest BCUT2D eigenvalue weighted by atomic mass is 9.91. The summed E-state index contributed by atoms with van der Waals surface area (Å²) in [5.74, 6) is 0. The third-order valence-electron chi connectivity index (χ3n) is 7.46. The van der Waals surface area contributed by atoms with Gasteiger partial charge in [0.15, 0.2) is 0 Å². The molecule has 0 saturated carbocycles. The molecule has 0 nitrogen and oxygen atoms in total. The Kier molecular flexibility index (Phi) is 12.8. The zero-order chi connectivity index (χ0) is 24.2. The molecule has 0 heterocycles. The zero-order valence-corrected chi connectivity index (χ0v) is 23.8. The van der Waals surface area contributed by atoms with E-state index in [0.717, 1.165) is 0 Å². The summed E-state index contributed by atoms with van der Waals surface area (Å²) in [7, 11) is -0.306. The van der Waals surface area contributed by atoms with Crippen molar-refractivity contribution in [2.75, 3.05) is 6.16 Å². The van der Waals surface area contributed by atoms with E-state index in [2.05, 4.69) is 72.7 Å². The Balaban J connectivity index is 2.67. The van der Waals surface area contributed by atoms with E-state index in [1.807, 2.05) is 0 Å². The summed E-state index contributed by atoms with van der Waals surface area (Å²) in [6.45, 7) is 16.3. The normalized spacial score (nSPS) is 12.3. The predicted molar refractivity (Wildman–Crippen MR) is 154 cm³/mol. The molecular formula is C32H51P. The first kappa shape index (κ1) is 28.1. The number of unbranched alkanes of at least 4 members (excludes halogenated alkanes) is 5. The lowest BCUT2D eigenvalue weighted by Crippen LogP contribution is -2.23. The van der Waals surface area contributed by atoms with Crippen LogP contribution in [0, 0.1) is 20.8 Å². The highest BCUT2D eigenvalue weighted by Gasteiger charge is 2.23. The lowest BCUT2D eigenvalue weighted by molar-refractivity contribution is 0.737. The van der Waals surface area contributed by atoms with Crippen LogP contribution in [0.4, 0.5) is 0 Å². The molecule has 0 amide bonds. The fourth-order valence-electron chi connectivity index (χ4n) is 5.01. The number of aryl methyl sites for hydroxylation is 2. The molecule has 184 valence electrons. The third kappa shape index (κ3) is 7.68. The van der Waals surface area contributed by atoms with Crippen LogP contribution in [0.5, 0.6) is 0 Å². The van der Waals surface area contributed by atoms with E-state index in [1.165, 1.54) is 94.3 Å². The van der Waals surface area contributed by atoms with Crippen molar-refractivity contribution in [3.8, 4) is 0 Å². The van der Waals surface area contributed by atoms with Gasteiger partial charge in [-0.05, 0) is 124 Å². The van der Waals surface area contributed by atoms with E-state index < -0.39 is 0 Å². The van der Waals surface area contributed by atoms with E-state index in [-0.39, 0.29) is 7.92 Å². The van der Waals surface area contributed by atoms with Crippen molar-refractivity contribution in [1.82, 2.24) is 0 Å². The molecule has 0 N–H and O–H groups in total. The largest absolute Gasteiger partial charge is 0.0654 e. The Hall–Kier alpha value is -1.13. The van der Waals surface area contributed by atoms with Gasteiger partial charge < -0.3 is 0 Å². The second-order valence-electron chi connectivity index (χ2n) is 10.0. The van der Waals surface area contributed by atoms with Crippen molar-refractivity contribution in [3.05, 3.63) is 57.6 Å². The van der Waals surface area contributed by atoms with Gasteiger partial charge in [0.05, 0.1) is 0 Å². The number of rotatable bonds is 15. The highest BCUT2D eigenvalue weighted by Crippen LogP contribution is 2.40. The van der Waals surface area contributed by atoms with E-state index in [1.54, 1.807) is 32.9 Å². The second-order valence-corrected chi connectivity index (χ2v) is 12.3. The van der Waals surface area contributed by atoms with E-state index in [4.69, 9.17) is 0 Å². The highest BCUT2D eigenvalue weighted by atomic mass is 31.1. The predicted octanol–water partition coefficient (Wildman–Crippen LogP) is 9.26. The molecule has 2 rings (SSSR count). The molecule has 0 aliphatic rings. The fourth-order valence-corrected chi connectivity index (χ4v) is 7.94. The summed E-state index contributed by atoms with van der Waals surface area (Å²) in [6.07, 6.45) is 16.9. The van der Waals surface area contributed by atoms with E-state index >= 15 is 0 Å². The minimum Gasteiger partial charge on any atom is -0.0654 e. The standard InChI is InChI=1S/C32H51P/c1-8-12-16-24-33(31-22-20-25(5)26(6)27(31)7)32-23-21-28(17-13-9-2)29(18-14-10-3)30(32)19-15-11-4/h20-23H,8-19,24H2,1-7H3. The molecule has 1 atom stereocenters. The molecule has 33 heavy (non-hydrogen) atoms. The summed E-state index contributed by atoms with van der Waals surface area (Å²) in [4.78, 5) is 0. The number of hydrogen-bond acceptors (Lipinski definition) is 0. The van der Waals surface area contributed by atoms with Crippen LogP contribution in [0.25, 0.3) is 0 Å². The van der Waals surface area contributed by atoms with Crippen LogP contribution in [0.3, 0.4) is 0 Å². The van der Waals surface area contributed by atoms with Crippen molar-refractivity contribution in [2.45, 2.75) is 126 Å². The molecule has 0 aliphatic heterocycles. The van der Waals surface area contributed by atoms with Crippen LogP contribution >= 0.6 is 7.92 Å². The van der Waals surface area contributed by atoms with E-state index in [0.29, 0.717) is 0 Å². The minimum atomic E-state index is -0.306. The van der Waals surface area contributed by atoms with Gasteiger partial charge in [0.2, 0.25) is 0 Å². The molecule has 1 heteroatoms. The number of benzene rings is 2. The molecule has 0 fully saturated rings. The number of hydrogen-bond donors (Lipinski definition) is 0. The molecule has 1 unspecified atom stereocenters. The van der Waals surface area contributed by atoms with Crippen LogP contribution in [0.1, 0.15) is 119 Å². The van der Waals surface area contributed by atoms with Crippen LogP contribution in [0.15, 0.2) is 24.3 Å². The highest BCUT2D eigenvalue weighted by molar-refractivity contribution is 7.73. The molecular weight excluding hydrogens is 415 g/mol. The first-order chi connectivity index (χ1) is 16.0. The summed E-state index contributed by atoms with van der Waals surface area (Å²) in [6, 6.07) is 9.98. The summed E-state index contributed by atoms with van der Waals surface area (Å²) in [5.41, 5.74) is 9.62. The van der Waals surface area contributed by atoms with Gasteiger partial charge in [-0.3, -0.25) is 0 Å². The average molecular weight is 467 g/mol. The first-order valence-corrected chi connectivity index (χ1v) is 15.5. The first-order valence-electron chi connectivity index (χ1n) is 14.0. The molecule has 0 aliphatic carbocycles. The van der Waals surface area contributed by atoms with Crippen molar-refractivity contribution < 1.29 is 0 Å². The monoisotopic (exact) mass is 466 g/mol. The van der Waals surface area contributed by atoms with Gasteiger partial charge in [-0.2, -0.15) is 0 Å². The average Bonchev–Trinajstić information content (AvgIpc) is 2.82. The lowest BCUT2D eigenvalue weighted by Gasteiger charge is -2.28. The molecule has 0 bridgehead atoms. The van der Waals surface area contributed by atoms with Crippen molar-refractivity contribution in [2.24, 2.45) is 0 Å². The van der Waals surface area contributed by atoms with Crippen molar-refractivity contribution in [1.29, 1.82) is 0 Å². The Bertz CT molecular complexity index is 848. The molecule has 2 aromatic rings. The minimum absolute atomic E-state index is 0.306. The second kappa shape index (κ2) is 15.0. The topological polar surface area (TPSA) is 0 Å². The van der Waals surface area contributed by atoms with Gasteiger partial charge in [-0.15, -0.1) is 0 Å². The Morgan fingerprint density at radius 1 is 0.545 bits per heavy atom. The van der Waals surface area contributed by atoms with E-state index in [9.17, 15) is 0 Å².